The fourth-order valence-corrected chi connectivity index (χ4v) is 3.18. The molecule has 0 radical (unpaired) electrons. The Bertz CT molecular complexity index is 623. The number of aliphatic hydroxyl groups excluding tert-OH is 1. The van der Waals surface area contributed by atoms with E-state index in [-0.39, 0.29) is 0 Å². The maximum Gasteiger partial charge on any atom is 0.0900 e. The van der Waals surface area contributed by atoms with Crippen LogP contribution in [0.1, 0.15) is 11.1 Å². The Hall–Kier alpha value is -1.73. The summed E-state index contributed by atoms with van der Waals surface area (Å²) < 4.78 is 7.47. The molecule has 0 saturated carbocycles. The summed E-state index contributed by atoms with van der Waals surface area (Å²) in [6, 6.07) is 10.1. The first-order valence-electron chi connectivity index (χ1n) is 8.91. The van der Waals surface area contributed by atoms with E-state index in [1.165, 1.54) is 5.56 Å². The van der Waals surface area contributed by atoms with Gasteiger partial charge in [-0.1, -0.05) is 30.3 Å². The number of ether oxygens (including phenoxy) is 1. The number of β-amino-alcohol motifs (C(OH)–C–C–N with tert-alkyl or cyclic N) is 1. The van der Waals surface area contributed by atoms with Crippen LogP contribution >= 0.6 is 0 Å². The van der Waals surface area contributed by atoms with E-state index in [2.05, 4.69) is 21.1 Å². The molecule has 1 aliphatic rings. The second-order valence-corrected chi connectivity index (χ2v) is 6.75. The molecule has 2 heterocycles. The van der Waals surface area contributed by atoms with E-state index in [0.717, 1.165) is 38.3 Å². The third kappa shape index (κ3) is 5.93. The topological polar surface area (TPSA) is 53.8 Å². The monoisotopic (exact) mass is 344 g/mol. The summed E-state index contributed by atoms with van der Waals surface area (Å²) in [7, 11) is 1.95. The van der Waals surface area contributed by atoms with Gasteiger partial charge in [0.15, 0.2) is 0 Å². The van der Waals surface area contributed by atoms with Gasteiger partial charge < -0.3 is 9.84 Å². The lowest BCUT2D eigenvalue weighted by molar-refractivity contribution is 0.000877. The highest BCUT2D eigenvalue weighted by atomic mass is 16.5. The highest BCUT2D eigenvalue weighted by molar-refractivity contribution is 5.13. The van der Waals surface area contributed by atoms with Crippen molar-refractivity contribution in [1.29, 1.82) is 0 Å². The van der Waals surface area contributed by atoms with Crippen molar-refractivity contribution in [2.45, 2.75) is 19.3 Å². The molecule has 0 bridgehead atoms. The van der Waals surface area contributed by atoms with Gasteiger partial charge in [0.25, 0.3) is 0 Å². The van der Waals surface area contributed by atoms with Crippen molar-refractivity contribution < 1.29 is 9.84 Å². The van der Waals surface area contributed by atoms with Crippen LogP contribution in [0, 0.1) is 0 Å². The molecule has 6 heteroatoms. The van der Waals surface area contributed by atoms with Crippen LogP contribution in [0.5, 0.6) is 0 Å². The van der Waals surface area contributed by atoms with E-state index in [9.17, 15) is 5.11 Å². The van der Waals surface area contributed by atoms with Gasteiger partial charge in [0, 0.05) is 58.1 Å². The van der Waals surface area contributed by atoms with Crippen molar-refractivity contribution >= 4 is 0 Å². The Morgan fingerprint density at radius 1 is 1.08 bits per heavy atom. The van der Waals surface area contributed by atoms with Crippen LogP contribution in [0.3, 0.4) is 0 Å². The molecule has 1 atom stereocenters. The van der Waals surface area contributed by atoms with Crippen LogP contribution in [-0.2, 0) is 24.9 Å². The lowest BCUT2D eigenvalue weighted by atomic mass is 10.2. The molecule has 3 rings (SSSR count). The van der Waals surface area contributed by atoms with Crippen LogP contribution in [0.2, 0.25) is 0 Å². The first-order valence-corrected chi connectivity index (χ1v) is 8.91. The third-order valence-corrected chi connectivity index (χ3v) is 4.52. The van der Waals surface area contributed by atoms with Crippen molar-refractivity contribution in [3.05, 3.63) is 53.9 Å². The SMILES string of the molecule is Cn1cc(CN2CCN(C[C@@H](O)COCc3ccccc3)CC2)cn1. The summed E-state index contributed by atoms with van der Waals surface area (Å²) in [5.74, 6) is 0. The molecule has 25 heavy (non-hydrogen) atoms. The Morgan fingerprint density at radius 2 is 1.80 bits per heavy atom. The van der Waals surface area contributed by atoms with Crippen molar-refractivity contribution in [1.82, 2.24) is 19.6 Å². The van der Waals surface area contributed by atoms with Gasteiger partial charge in [0.2, 0.25) is 0 Å². The standard InChI is InChI=1S/C19H28N4O2/c1-21-12-18(11-20-21)13-22-7-9-23(10-8-22)14-19(24)16-25-15-17-5-3-2-4-6-17/h2-6,11-12,19,24H,7-10,13-16H2,1H3/t19-/m1/s1. The minimum Gasteiger partial charge on any atom is -0.389 e. The van der Waals surface area contributed by atoms with Crippen molar-refractivity contribution in [2.75, 3.05) is 39.3 Å². The Kier molecular flexibility index (Phi) is 6.58. The molecular weight excluding hydrogens is 316 g/mol. The highest BCUT2D eigenvalue weighted by Gasteiger charge is 2.19. The van der Waals surface area contributed by atoms with Gasteiger partial charge in [-0.3, -0.25) is 14.5 Å². The summed E-state index contributed by atoms with van der Waals surface area (Å²) in [5, 5.41) is 14.4. The number of benzene rings is 1. The molecule has 1 aromatic carbocycles. The maximum atomic E-state index is 10.2. The fraction of sp³-hybridized carbons (Fsp3) is 0.526. The molecule has 0 amide bonds. The number of aliphatic hydroxyl groups is 1. The second kappa shape index (κ2) is 9.10. The number of hydrogen-bond acceptors (Lipinski definition) is 5. The molecule has 0 spiro atoms. The molecule has 1 aromatic heterocycles. The molecule has 1 saturated heterocycles. The van der Waals surface area contributed by atoms with Crippen LogP contribution in [0.15, 0.2) is 42.7 Å². The minimum absolute atomic E-state index is 0.380. The number of aromatic nitrogens is 2. The summed E-state index contributed by atoms with van der Waals surface area (Å²) in [6.07, 6.45) is 3.56. The van der Waals surface area contributed by atoms with E-state index in [1.54, 1.807) is 0 Å². The average Bonchev–Trinajstić information content (AvgIpc) is 3.02. The maximum absolute atomic E-state index is 10.2. The lowest BCUT2D eigenvalue weighted by Crippen LogP contribution is -2.48. The summed E-state index contributed by atoms with van der Waals surface area (Å²) in [6.45, 7) is 6.56. The number of piperazine rings is 1. The van der Waals surface area contributed by atoms with Crippen molar-refractivity contribution in [2.24, 2.45) is 7.05 Å². The smallest absolute Gasteiger partial charge is 0.0900 e. The van der Waals surface area contributed by atoms with E-state index >= 15 is 0 Å². The third-order valence-electron chi connectivity index (χ3n) is 4.52. The summed E-state index contributed by atoms with van der Waals surface area (Å²) in [4.78, 5) is 4.75. The van der Waals surface area contributed by atoms with Crippen molar-refractivity contribution in [3.8, 4) is 0 Å². The van der Waals surface area contributed by atoms with Gasteiger partial charge in [-0.2, -0.15) is 5.10 Å². The number of aryl methyl sites for hydroxylation is 1. The highest BCUT2D eigenvalue weighted by Crippen LogP contribution is 2.08. The van der Waals surface area contributed by atoms with E-state index in [1.807, 2.05) is 48.3 Å². The predicted octanol–water partition coefficient (Wildman–Crippen LogP) is 1.12. The van der Waals surface area contributed by atoms with E-state index < -0.39 is 6.10 Å². The quantitative estimate of drug-likeness (QED) is 0.778. The van der Waals surface area contributed by atoms with Gasteiger partial charge in [-0.05, 0) is 5.56 Å². The molecule has 0 unspecified atom stereocenters. The number of nitrogens with zero attached hydrogens (tertiary/aromatic N) is 4. The molecule has 136 valence electrons. The molecule has 6 nitrogen and oxygen atoms in total. The van der Waals surface area contributed by atoms with Crippen LogP contribution in [0.4, 0.5) is 0 Å². The normalized spacial score (nSPS) is 17.7. The van der Waals surface area contributed by atoms with Gasteiger partial charge in [-0.25, -0.2) is 0 Å². The van der Waals surface area contributed by atoms with Gasteiger partial charge in [0.05, 0.1) is 25.5 Å². The van der Waals surface area contributed by atoms with Gasteiger partial charge in [-0.15, -0.1) is 0 Å². The fourth-order valence-electron chi connectivity index (χ4n) is 3.18. The molecule has 1 fully saturated rings. The van der Waals surface area contributed by atoms with E-state index in [0.29, 0.717) is 19.8 Å². The first kappa shape index (κ1) is 18.1. The van der Waals surface area contributed by atoms with E-state index in [4.69, 9.17) is 4.74 Å². The van der Waals surface area contributed by atoms with Crippen LogP contribution in [-0.4, -0.2) is 70.1 Å². The zero-order valence-electron chi connectivity index (χ0n) is 14.9. The number of rotatable bonds is 8. The Morgan fingerprint density at radius 3 is 2.48 bits per heavy atom. The molecular formula is C19H28N4O2. The zero-order valence-corrected chi connectivity index (χ0v) is 14.9. The molecule has 1 N–H and O–H groups in total. The number of hydrogen-bond donors (Lipinski definition) is 1. The largest absolute Gasteiger partial charge is 0.389 e. The Balaban J connectivity index is 1.31. The zero-order chi connectivity index (χ0) is 17.5. The van der Waals surface area contributed by atoms with Crippen LogP contribution in [0.25, 0.3) is 0 Å². The summed E-state index contributed by atoms with van der Waals surface area (Å²) >= 11 is 0. The predicted molar refractivity (Wildman–Crippen MR) is 97.0 cm³/mol. The van der Waals surface area contributed by atoms with Gasteiger partial charge >= 0.3 is 0 Å². The minimum atomic E-state index is -0.436. The van der Waals surface area contributed by atoms with Crippen molar-refractivity contribution in [3.63, 3.8) is 0 Å². The lowest BCUT2D eigenvalue weighted by Gasteiger charge is -2.35. The first-order chi connectivity index (χ1) is 12.2. The Labute approximate surface area is 149 Å². The van der Waals surface area contributed by atoms with Crippen LogP contribution < -0.4 is 0 Å². The van der Waals surface area contributed by atoms with Gasteiger partial charge in [0.1, 0.15) is 0 Å². The average molecular weight is 344 g/mol. The molecule has 2 aromatic rings. The molecule has 0 aliphatic carbocycles. The second-order valence-electron chi connectivity index (χ2n) is 6.75. The molecule has 1 aliphatic heterocycles. The summed E-state index contributed by atoms with van der Waals surface area (Å²) in [5.41, 5.74) is 2.39.